The van der Waals surface area contributed by atoms with Crippen LogP contribution in [0.2, 0.25) is 0 Å². The maximum absolute atomic E-state index is 12.4. The van der Waals surface area contributed by atoms with Crippen molar-refractivity contribution in [2.45, 2.75) is 6.92 Å². The predicted molar refractivity (Wildman–Crippen MR) is 100 cm³/mol. The number of nitrogens with two attached hydrogens (primary N) is 1. The summed E-state index contributed by atoms with van der Waals surface area (Å²) >= 11 is 0. The Labute approximate surface area is 154 Å². The highest BCUT2D eigenvalue weighted by molar-refractivity contribution is 5.83. The van der Waals surface area contributed by atoms with Gasteiger partial charge in [0.25, 0.3) is 0 Å². The number of anilines is 1. The first-order valence-corrected chi connectivity index (χ1v) is 8.16. The highest BCUT2D eigenvalue weighted by Crippen LogP contribution is 2.31. The van der Waals surface area contributed by atoms with Gasteiger partial charge in [-0.1, -0.05) is 6.07 Å². The van der Waals surface area contributed by atoms with Gasteiger partial charge >= 0.3 is 11.6 Å². The summed E-state index contributed by atoms with van der Waals surface area (Å²) in [6.45, 7) is 1.79. The molecular formula is C20H15N3O4. The number of fused-ring (bicyclic) bond motifs is 1. The van der Waals surface area contributed by atoms with E-state index in [2.05, 4.69) is 9.97 Å². The van der Waals surface area contributed by atoms with Crippen LogP contribution in [-0.4, -0.2) is 9.97 Å². The summed E-state index contributed by atoms with van der Waals surface area (Å²) in [6, 6.07) is 13.9. The van der Waals surface area contributed by atoms with Crippen LogP contribution in [0.4, 0.5) is 5.69 Å². The summed E-state index contributed by atoms with van der Waals surface area (Å²) in [5.41, 5.74) is 6.75. The van der Waals surface area contributed by atoms with Crippen LogP contribution >= 0.6 is 0 Å². The topological polar surface area (TPSA) is 100 Å². The van der Waals surface area contributed by atoms with Gasteiger partial charge in [-0.2, -0.15) is 0 Å². The molecule has 4 rings (SSSR count). The Hall–Kier alpha value is -3.87. The number of ether oxygens (including phenoxy) is 2. The summed E-state index contributed by atoms with van der Waals surface area (Å²) < 4.78 is 16.7. The number of nitrogen functional groups attached to an aromatic ring is 1. The van der Waals surface area contributed by atoms with Crippen molar-refractivity contribution in [1.29, 1.82) is 0 Å². The maximum atomic E-state index is 12.4. The van der Waals surface area contributed by atoms with Crippen LogP contribution in [0.1, 0.15) is 5.56 Å². The van der Waals surface area contributed by atoms with Crippen molar-refractivity contribution in [3.8, 4) is 23.3 Å². The van der Waals surface area contributed by atoms with Crippen LogP contribution in [0.15, 0.2) is 70.1 Å². The van der Waals surface area contributed by atoms with Gasteiger partial charge in [-0.25, -0.2) is 14.8 Å². The van der Waals surface area contributed by atoms with Crippen molar-refractivity contribution in [1.82, 2.24) is 9.97 Å². The molecule has 0 aliphatic carbocycles. The van der Waals surface area contributed by atoms with Crippen LogP contribution in [0.5, 0.6) is 23.3 Å². The zero-order chi connectivity index (χ0) is 18.8. The van der Waals surface area contributed by atoms with E-state index in [9.17, 15) is 4.79 Å². The third-order valence-electron chi connectivity index (χ3n) is 3.91. The fraction of sp³-hybridized carbons (Fsp3) is 0.0500. The Morgan fingerprint density at radius 2 is 1.74 bits per heavy atom. The second kappa shape index (κ2) is 6.80. The van der Waals surface area contributed by atoms with Gasteiger partial charge < -0.3 is 19.6 Å². The molecule has 2 N–H and O–H groups in total. The Balaban J connectivity index is 1.71. The van der Waals surface area contributed by atoms with E-state index < -0.39 is 5.63 Å². The molecule has 0 unspecified atom stereocenters. The average Bonchev–Trinajstić information content (AvgIpc) is 2.66. The van der Waals surface area contributed by atoms with E-state index in [-0.39, 0.29) is 11.8 Å². The molecule has 0 spiro atoms. The van der Waals surface area contributed by atoms with E-state index in [0.717, 1.165) is 5.39 Å². The number of benzene rings is 2. The molecule has 0 bridgehead atoms. The molecule has 0 saturated heterocycles. The molecule has 0 amide bonds. The molecule has 7 heteroatoms. The van der Waals surface area contributed by atoms with E-state index in [1.54, 1.807) is 67.8 Å². The van der Waals surface area contributed by atoms with Gasteiger partial charge in [-0.05, 0) is 37.3 Å². The lowest BCUT2D eigenvalue weighted by molar-refractivity contribution is 0.429. The molecule has 27 heavy (non-hydrogen) atoms. The summed E-state index contributed by atoms with van der Waals surface area (Å²) in [4.78, 5) is 20.4. The number of aromatic nitrogens is 2. The van der Waals surface area contributed by atoms with Crippen LogP contribution in [0.25, 0.3) is 11.0 Å². The molecular weight excluding hydrogens is 346 g/mol. The van der Waals surface area contributed by atoms with Crippen molar-refractivity contribution < 1.29 is 13.9 Å². The molecule has 2 aromatic heterocycles. The third-order valence-corrected chi connectivity index (χ3v) is 3.91. The first-order chi connectivity index (χ1) is 13.1. The number of hydrogen-bond donors (Lipinski definition) is 1. The van der Waals surface area contributed by atoms with Crippen molar-refractivity contribution in [2.75, 3.05) is 5.73 Å². The highest BCUT2D eigenvalue weighted by atomic mass is 16.5. The van der Waals surface area contributed by atoms with Crippen molar-refractivity contribution >= 4 is 16.7 Å². The Morgan fingerprint density at radius 3 is 2.52 bits per heavy atom. The van der Waals surface area contributed by atoms with Crippen LogP contribution in [0, 0.1) is 6.92 Å². The zero-order valence-electron chi connectivity index (χ0n) is 14.4. The Kier molecular flexibility index (Phi) is 4.18. The van der Waals surface area contributed by atoms with E-state index in [1.165, 1.54) is 0 Å². The number of nitrogens with zero attached hydrogens (tertiary/aromatic N) is 2. The van der Waals surface area contributed by atoms with Gasteiger partial charge in [0.1, 0.15) is 17.1 Å². The Bertz CT molecular complexity index is 1170. The summed E-state index contributed by atoms with van der Waals surface area (Å²) in [5.74, 6) is 1.04. The first-order valence-electron chi connectivity index (χ1n) is 8.16. The van der Waals surface area contributed by atoms with Gasteiger partial charge in [0.2, 0.25) is 5.75 Å². The minimum absolute atomic E-state index is 0.119. The minimum atomic E-state index is -0.587. The van der Waals surface area contributed by atoms with E-state index >= 15 is 0 Å². The highest BCUT2D eigenvalue weighted by Gasteiger charge is 2.15. The van der Waals surface area contributed by atoms with Gasteiger partial charge in [0.15, 0.2) is 0 Å². The van der Waals surface area contributed by atoms with Crippen LogP contribution in [-0.2, 0) is 0 Å². The van der Waals surface area contributed by atoms with E-state index in [1.807, 2.05) is 0 Å². The molecule has 134 valence electrons. The number of rotatable bonds is 4. The molecule has 0 aliphatic rings. The monoisotopic (exact) mass is 361 g/mol. The number of hydrogen-bond acceptors (Lipinski definition) is 7. The lowest BCUT2D eigenvalue weighted by Crippen LogP contribution is -2.06. The average molecular weight is 361 g/mol. The first kappa shape index (κ1) is 16.6. The number of aryl methyl sites for hydroxylation is 1. The largest absolute Gasteiger partial charge is 0.449 e. The SMILES string of the molecule is Cc1c(Oc2cccc(N)c2)c(=O)oc2cc(Oc3ncccn3)ccc12. The van der Waals surface area contributed by atoms with Gasteiger partial charge in [0.05, 0.1) is 0 Å². The Morgan fingerprint density at radius 1 is 0.963 bits per heavy atom. The fourth-order valence-corrected chi connectivity index (χ4v) is 2.64. The summed E-state index contributed by atoms with van der Waals surface area (Å²) in [5, 5.41) is 0.731. The molecule has 0 fully saturated rings. The van der Waals surface area contributed by atoms with Gasteiger partial charge in [-0.3, -0.25) is 0 Å². The smallest absolute Gasteiger partial charge is 0.379 e. The van der Waals surface area contributed by atoms with Crippen LogP contribution < -0.4 is 20.8 Å². The quantitative estimate of drug-likeness (QED) is 0.432. The minimum Gasteiger partial charge on any atom is -0.449 e. The molecule has 0 saturated carbocycles. The van der Waals surface area contributed by atoms with Gasteiger partial charge in [0, 0.05) is 41.2 Å². The standard InChI is InChI=1S/C20H15N3O4/c1-12-16-7-6-15(26-20-22-8-3-9-23-20)11-17(16)27-19(24)18(12)25-14-5-2-4-13(21)10-14/h2-11H,21H2,1H3. The molecule has 2 heterocycles. The lowest BCUT2D eigenvalue weighted by atomic mass is 10.1. The van der Waals surface area contributed by atoms with Crippen molar-refractivity contribution in [3.63, 3.8) is 0 Å². The molecule has 0 atom stereocenters. The fourth-order valence-electron chi connectivity index (χ4n) is 2.64. The molecule has 0 radical (unpaired) electrons. The van der Waals surface area contributed by atoms with Crippen molar-refractivity contribution in [2.24, 2.45) is 0 Å². The molecule has 7 nitrogen and oxygen atoms in total. The molecule has 0 aliphatic heterocycles. The molecule has 4 aromatic rings. The second-order valence-electron chi connectivity index (χ2n) is 5.81. The third kappa shape index (κ3) is 3.43. The molecule has 2 aromatic carbocycles. The van der Waals surface area contributed by atoms with Crippen molar-refractivity contribution in [3.05, 3.63) is 76.9 Å². The lowest BCUT2D eigenvalue weighted by Gasteiger charge is -2.10. The summed E-state index contributed by atoms with van der Waals surface area (Å²) in [6.07, 6.45) is 3.15. The van der Waals surface area contributed by atoms with E-state index in [0.29, 0.717) is 28.3 Å². The van der Waals surface area contributed by atoms with Crippen LogP contribution in [0.3, 0.4) is 0 Å². The summed E-state index contributed by atoms with van der Waals surface area (Å²) in [7, 11) is 0. The van der Waals surface area contributed by atoms with E-state index in [4.69, 9.17) is 19.6 Å². The maximum Gasteiger partial charge on any atom is 0.379 e. The second-order valence-corrected chi connectivity index (χ2v) is 5.81. The van der Waals surface area contributed by atoms with Gasteiger partial charge in [-0.15, -0.1) is 0 Å². The normalized spacial score (nSPS) is 10.7. The predicted octanol–water partition coefficient (Wildman–Crippen LogP) is 4.06. The zero-order valence-corrected chi connectivity index (χ0v) is 14.4.